The monoisotopic (exact) mass is 384 g/mol. The van der Waals surface area contributed by atoms with Crippen LogP contribution in [0.25, 0.3) is 0 Å². The summed E-state index contributed by atoms with van der Waals surface area (Å²) >= 11 is 1.47. The smallest absolute Gasteiger partial charge is 0.338 e. The zero-order valence-corrected chi connectivity index (χ0v) is 15.0. The Balaban J connectivity index is 1.65. The second kappa shape index (κ2) is 8.46. The normalized spacial score (nSPS) is 11.6. The highest BCUT2D eigenvalue weighted by Gasteiger charge is 2.19. The number of ether oxygens (including phenoxy) is 1. The van der Waals surface area contributed by atoms with Gasteiger partial charge >= 0.3 is 5.97 Å². The number of rotatable bonds is 6. The molecule has 0 bridgehead atoms. The number of halogens is 1. The molecule has 0 aliphatic rings. The molecule has 0 aliphatic heterocycles. The number of esters is 1. The fourth-order valence-electron chi connectivity index (χ4n) is 2.47. The first kappa shape index (κ1) is 18.6. The van der Waals surface area contributed by atoms with Crippen LogP contribution in [0.4, 0.5) is 10.1 Å². The molecule has 0 spiro atoms. The van der Waals surface area contributed by atoms with Gasteiger partial charge in [0.2, 0.25) is 0 Å². The molecule has 7 heteroatoms. The Kier molecular flexibility index (Phi) is 5.83. The van der Waals surface area contributed by atoms with Crippen LogP contribution in [-0.4, -0.2) is 18.5 Å². The molecule has 138 valence electrons. The number of nitrogen functional groups attached to an aromatic ring is 1. The molecule has 2 aromatic carbocycles. The number of carbonyl (C=O) groups excluding carboxylic acids is 2. The molecule has 0 saturated carbocycles. The van der Waals surface area contributed by atoms with Crippen molar-refractivity contribution in [1.29, 1.82) is 0 Å². The molecular weight excluding hydrogens is 367 g/mol. The number of nitrogens with one attached hydrogen (secondary N) is 1. The summed E-state index contributed by atoms with van der Waals surface area (Å²) in [5.74, 6) is -1.42. The van der Waals surface area contributed by atoms with Crippen LogP contribution in [0.1, 0.15) is 26.8 Å². The molecule has 1 aromatic heterocycles. The molecule has 5 nitrogen and oxygen atoms in total. The summed E-state index contributed by atoms with van der Waals surface area (Å²) in [6.07, 6.45) is 0. The van der Waals surface area contributed by atoms with E-state index in [9.17, 15) is 14.0 Å². The number of anilines is 1. The van der Waals surface area contributed by atoms with E-state index >= 15 is 0 Å². The first-order valence-electron chi connectivity index (χ1n) is 8.14. The Morgan fingerprint density at radius 3 is 2.41 bits per heavy atom. The van der Waals surface area contributed by atoms with E-state index < -0.39 is 24.5 Å². The maximum atomic E-state index is 13.2. The molecule has 27 heavy (non-hydrogen) atoms. The Labute approximate surface area is 159 Å². The van der Waals surface area contributed by atoms with Crippen molar-refractivity contribution in [2.75, 3.05) is 12.3 Å². The summed E-state index contributed by atoms with van der Waals surface area (Å²) in [6.45, 7) is -0.424. The molecule has 0 fully saturated rings. The number of carbonyl (C=O) groups is 2. The van der Waals surface area contributed by atoms with Crippen LogP contribution in [0.2, 0.25) is 0 Å². The highest BCUT2D eigenvalue weighted by molar-refractivity contribution is 7.10. The van der Waals surface area contributed by atoms with Gasteiger partial charge in [-0.2, -0.15) is 0 Å². The van der Waals surface area contributed by atoms with Crippen molar-refractivity contribution >= 4 is 28.9 Å². The van der Waals surface area contributed by atoms with Gasteiger partial charge in [0.1, 0.15) is 5.82 Å². The lowest BCUT2D eigenvalue weighted by molar-refractivity contribution is -0.124. The van der Waals surface area contributed by atoms with Crippen LogP contribution in [0.15, 0.2) is 66.0 Å². The minimum absolute atomic E-state index is 0.311. The van der Waals surface area contributed by atoms with Gasteiger partial charge < -0.3 is 15.8 Å². The number of amides is 1. The molecule has 1 atom stereocenters. The van der Waals surface area contributed by atoms with Gasteiger partial charge in [0.05, 0.1) is 11.6 Å². The quantitative estimate of drug-likeness (QED) is 0.503. The third-order valence-corrected chi connectivity index (χ3v) is 4.75. The summed E-state index contributed by atoms with van der Waals surface area (Å²) in [7, 11) is 0. The first-order valence-corrected chi connectivity index (χ1v) is 9.02. The van der Waals surface area contributed by atoms with Crippen molar-refractivity contribution in [1.82, 2.24) is 5.32 Å². The maximum Gasteiger partial charge on any atom is 0.338 e. The number of hydrogen-bond acceptors (Lipinski definition) is 5. The Bertz CT molecular complexity index is 909. The number of thiophene rings is 1. The predicted octanol–water partition coefficient (Wildman–Crippen LogP) is 3.53. The summed E-state index contributed by atoms with van der Waals surface area (Å²) in [4.78, 5) is 25.2. The fourth-order valence-corrected chi connectivity index (χ4v) is 3.27. The fraction of sp³-hybridized carbons (Fsp3) is 0.100. The molecule has 1 amide bonds. The second-order valence-corrected chi connectivity index (χ2v) is 6.74. The average Bonchev–Trinajstić information content (AvgIpc) is 3.20. The molecule has 0 aliphatic carbocycles. The van der Waals surface area contributed by atoms with Gasteiger partial charge in [-0.05, 0) is 53.4 Å². The van der Waals surface area contributed by atoms with E-state index in [1.807, 2.05) is 17.5 Å². The van der Waals surface area contributed by atoms with Crippen molar-refractivity contribution < 1.29 is 18.7 Å². The molecule has 1 heterocycles. The third-order valence-electron chi connectivity index (χ3n) is 3.82. The van der Waals surface area contributed by atoms with Crippen LogP contribution in [-0.2, 0) is 9.53 Å². The molecule has 0 saturated heterocycles. The minimum atomic E-state index is -0.611. The van der Waals surface area contributed by atoms with Crippen LogP contribution >= 0.6 is 11.3 Å². The topological polar surface area (TPSA) is 81.4 Å². The molecule has 3 aromatic rings. The van der Waals surface area contributed by atoms with E-state index in [4.69, 9.17) is 10.5 Å². The van der Waals surface area contributed by atoms with Crippen molar-refractivity contribution in [3.05, 3.63) is 87.9 Å². The molecule has 0 unspecified atom stereocenters. The lowest BCUT2D eigenvalue weighted by atomic mass is 10.1. The van der Waals surface area contributed by atoms with E-state index in [1.54, 1.807) is 24.3 Å². The lowest BCUT2D eigenvalue weighted by Gasteiger charge is -2.18. The van der Waals surface area contributed by atoms with E-state index in [-0.39, 0.29) is 5.82 Å². The first-order chi connectivity index (χ1) is 13.0. The van der Waals surface area contributed by atoms with Crippen molar-refractivity contribution in [2.45, 2.75) is 6.04 Å². The second-order valence-electron chi connectivity index (χ2n) is 5.77. The predicted molar refractivity (Wildman–Crippen MR) is 102 cm³/mol. The third kappa shape index (κ3) is 4.92. The average molecular weight is 384 g/mol. The Hall–Kier alpha value is -3.19. The zero-order valence-electron chi connectivity index (χ0n) is 14.2. The Morgan fingerprint density at radius 2 is 1.78 bits per heavy atom. The highest BCUT2D eigenvalue weighted by Crippen LogP contribution is 2.26. The molecule has 0 radical (unpaired) electrons. The van der Waals surface area contributed by atoms with Crippen LogP contribution in [0, 0.1) is 5.82 Å². The van der Waals surface area contributed by atoms with Crippen LogP contribution in [0.5, 0.6) is 0 Å². The molecular formula is C20H17FN2O3S. The zero-order chi connectivity index (χ0) is 19.2. The largest absolute Gasteiger partial charge is 0.452 e. The SMILES string of the molecule is Nc1ccc(C(=O)OCC(=O)N[C@H](c2ccc(F)cc2)c2cccs2)cc1. The van der Waals surface area contributed by atoms with E-state index in [0.29, 0.717) is 11.3 Å². The summed E-state index contributed by atoms with van der Waals surface area (Å²) in [5.41, 5.74) is 7.15. The number of hydrogen-bond donors (Lipinski definition) is 2. The number of benzene rings is 2. The Morgan fingerprint density at radius 1 is 1.07 bits per heavy atom. The van der Waals surface area contributed by atoms with Crippen molar-refractivity contribution in [2.24, 2.45) is 0 Å². The summed E-state index contributed by atoms with van der Waals surface area (Å²) in [6, 6.07) is 15.4. The van der Waals surface area contributed by atoms with Crippen LogP contribution < -0.4 is 11.1 Å². The van der Waals surface area contributed by atoms with Crippen LogP contribution in [0.3, 0.4) is 0 Å². The van der Waals surface area contributed by atoms with Gasteiger partial charge in [-0.1, -0.05) is 18.2 Å². The molecule has 3 rings (SSSR count). The van der Waals surface area contributed by atoms with E-state index in [0.717, 1.165) is 10.4 Å². The summed E-state index contributed by atoms with van der Waals surface area (Å²) < 4.78 is 18.3. The maximum absolute atomic E-state index is 13.2. The van der Waals surface area contributed by atoms with E-state index in [2.05, 4.69) is 5.32 Å². The highest BCUT2D eigenvalue weighted by atomic mass is 32.1. The van der Waals surface area contributed by atoms with Gasteiger partial charge in [-0.15, -0.1) is 11.3 Å². The van der Waals surface area contributed by atoms with Gasteiger partial charge in [0.25, 0.3) is 5.91 Å². The lowest BCUT2D eigenvalue weighted by Crippen LogP contribution is -2.32. The summed E-state index contributed by atoms with van der Waals surface area (Å²) in [5, 5.41) is 4.71. The van der Waals surface area contributed by atoms with Gasteiger partial charge in [-0.3, -0.25) is 4.79 Å². The van der Waals surface area contributed by atoms with Crippen molar-refractivity contribution in [3.8, 4) is 0 Å². The minimum Gasteiger partial charge on any atom is -0.452 e. The van der Waals surface area contributed by atoms with Gasteiger partial charge in [0.15, 0.2) is 6.61 Å². The van der Waals surface area contributed by atoms with Gasteiger partial charge in [0, 0.05) is 10.6 Å². The molecule has 3 N–H and O–H groups in total. The van der Waals surface area contributed by atoms with E-state index in [1.165, 1.54) is 35.6 Å². The number of nitrogens with two attached hydrogens (primary N) is 1. The van der Waals surface area contributed by atoms with Crippen molar-refractivity contribution in [3.63, 3.8) is 0 Å². The standard InChI is InChI=1S/C20H17FN2O3S/c21-15-7-3-13(4-8-15)19(17-2-1-11-27-17)23-18(24)12-26-20(25)14-5-9-16(22)10-6-14/h1-11,19H,12,22H2,(H,23,24)/t19-/m1/s1. The van der Waals surface area contributed by atoms with Gasteiger partial charge in [-0.25, -0.2) is 9.18 Å².